The Hall–Kier alpha value is -1.72. The molecule has 0 bridgehead atoms. The summed E-state index contributed by atoms with van der Waals surface area (Å²) in [5.41, 5.74) is 1.84. The minimum atomic E-state index is -0.199. The highest BCUT2D eigenvalue weighted by Gasteiger charge is 2.30. The summed E-state index contributed by atoms with van der Waals surface area (Å²) in [5.74, 6) is 0.294. The van der Waals surface area contributed by atoms with Gasteiger partial charge in [0.25, 0.3) is 5.91 Å². The summed E-state index contributed by atoms with van der Waals surface area (Å²) >= 11 is 3.41. The first kappa shape index (κ1) is 20.0. The van der Waals surface area contributed by atoms with Crippen LogP contribution in [-0.4, -0.2) is 30.9 Å². The van der Waals surface area contributed by atoms with Gasteiger partial charge in [0.15, 0.2) is 0 Å². The first-order valence-corrected chi connectivity index (χ1v) is 10.2. The van der Waals surface area contributed by atoms with Crippen molar-refractivity contribution >= 4 is 21.8 Å². The van der Waals surface area contributed by atoms with E-state index in [2.05, 4.69) is 40.2 Å². The molecule has 1 unspecified atom stereocenters. The van der Waals surface area contributed by atoms with Crippen molar-refractivity contribution in [3.8, 4) is 0 Å². The van der Waals surface area contributed by atoms with Crippen LogP contribution in [0.25, 0.3) is 0 Å². The first-order valence-electron chi connectivity index (χ1n) is 9.42. The predicted molar refractivity (Wildman–Crippen MR) is 110 cm³/mol. The van der Waals surface area contributed by atoms with Crippen molar-refractivity contribution in [3.63, 3.8) is 0 Å². The Morgan fingerprint density at radius 2 is 1.78 bits per heavy atom. The number of amides is 1. The van der Waals surface area contributed by atoms with Gasteiger partial charge in [-0.25, -0.2) is 4.39 Å². The van der Waals surface area contributed by atoms with Gasteiger partial charge in [0, 0.05) is 22.1 Å². The van der Waals surface area contributed by atoms with Gasteiger partial charge in [0.05, 0.1) is 0 Å². The van der Waals surface area contributed by atoms with E-state index in [1.807, 2.05) is 36.4 Å². The Morgan fingerprint density at radius 1 is 1.11 bits per heavy atom. The maximum atomic E-state index is 13.3. The van der Waals surface area contributed by atoms with Crippen LogP contribution in [0.3, 0.4) is 0 Å². The van der Waals surface area contributed by atoms with Crippen molar-refractivity contribution in [2.45, 2.75) is 37.8 Å². The molecule has 1 aliphatic rings. The Bertz CT molecular complexity index is 770. The standard InChI is InChI=1S/C22H26BrFN2O/c1-26(2)21(15-6-10-19(24)11-7-15)16-8-12-20(13-9-16)25-22(27)17-4-3-5-18(23)14-17/h3-7,10-11,14,16,20-21H,8-9,12-13H2,1-2H3,(H,25,27). The van der Waals surface area contributed by atoms with Crippen LogP contribution in [0.15, 0.2) is 53.0 Å². The number of carbonyl (C=O) groups excluding carboxylic acids is 1. The molecule has 1 aliphatic carbocycles. The summed E-state index contributed by atoms with van der Waals surface area (Å²) in [5, 5.41) is 3.18. The van der Waals surface area contributed by atoms with Gasteiger partial charge in [-0.1, -0.05) is 34.1 Å². The summed E-state index contributed by atoms with van der Waals surface area (Å²) in [6, 6.07) is 14.8. The third-order valence-corrected chi connectivity index (χ3v) is 5.90. The molecule has 27 heavy (non-hydrogen) atoms. The van der Waals surface area contributed by atoms with E-state index >= 15 is 0 Å². The second kappa shape index (κ2) is 8.98. The smallest absolute Gasteiger partial charge is 0.251 e. The van der Waals surface area contributed by atoms with Crippen LogP contribution in [0.1, 0.15) is 47.6 Å². The van der Waals surface area contributed by atoms with Gasteiger partial charge >= 0.3 is 0 Å². The summed E-state index contributed by atoms with van der Waals surface area (Å²) < 4.78 is 14.2. The van der Waals surface area contributed by atoms with Crippen molar-refractivity contribution in [1.82, 2.24) is 10.2 Å². The normalized spacial score (nSPS) is 21.1. The second-order valence-corrected chi connectivity index (χ2v) is 8.47. The van der Waals surface area contributed by atoms with E-state index in [0.29, 0.717) is 11.5 Å². The number of benzene rings is 2. The molecule has 0 aromatic heterocycles. The predicted octanol–water partition coefficient (Wildman–Crippen LogP) is 5.18. The molecular formula is C22H26BrFN2O. The van der Waals surface area contributed by atoms with E-state index in [4.69, 9.17) is 0 Å². The lowest BCUT2D eigenvalue weighted by Crippen LogP contribution is -2.39. The number of nitrogens with one attached hydrogen (secondary N) is 1. The van der Waals surface area contributed by atoms with Crippen LogP contribution in [0, 0.1) is 11.7 Å². The Kier molecular flexibility index (Phi) is 6.66. The fourth-order valence-corrected chi connectivity index (χ4v) is 4.53. The van der Waals surface area contributed by atoms with Gasteiger partial charge in [0.1, 0.15) is 5.82 Å². The molecule has 1 saturated carbocycles. The molecular weight excluding hydrogens is 407 g/mol. The van der Waals surface area contributed by atoms with E-state index in [0.717, 1.165) is 35.7 Å². The molecule has 5 heteroatoms. The number of rotatable bonds is 5. The summed E-state index contributed by atoms with van der Waals surface area (Å²) in [6.07, 6.45) is 4.03. The molecule has 1 atom stereocenters. The minimum absolute atomic E-state index is 0.0116. The lowest BCUT2D eigenvalue weighted by atomic mass is 9.78. The van der Waals surface area contributed by atoms with Crippen molar-refractivity contribution in [1.29, 1.82) is 0 Å². The van der Waals surface area contributed by atoms with Gasteiger partial charge in [-0.2, -0.15) is 0 Å². The van der Waals surface area contributed by atoms with Crippen molar-refractivity contribution < 1.29 is 9.18 Å². The molecule has 2 aromatic rings. The molecule has 0 saturated heterocycles. The van der Waals surface area contributed by atoms with Crippen LogP contribution < -0.4 is 5.32 Å². The quantitative estimate of drug-likeness (QED) is 0.705. The van der Waals surface area contributed by atoms with Gasteiger partial charge in [-0.15, -0.1) is 0 Å². The average molecular weight is 433 g/mol. The number of hydrogen-bond donors (Lipinski definition) is 1. The Balaban J connectivity index is 1.60. The lowest BCUT2D eigenvalue weighted by Gasteiger charge is -2.37. The zero-order chi connectivity index (χ0) is 19.4. The molecule has 144 valence electrons. The van der Waals surface area contributed by atoms with E-state index in [1.165, 1.54) is 12.1 Å². The van der Waals surface area contributed by atoms with E-state index in [-0.39, 0.29) is 23.8 Å². The summed E-state index contributed by atoms with van der Waals surface area (Å²) in [7, 11) is 4.16. The third kappa shape index (κ3) is 5.17. The van der Waals surface area contributed by atoms with Crippen LogP contribution in [0.2, 0.25) is 0 Å². The molecule has 3 rings (SSSR count). The average Bonchev–Trinajstić information content (AvgIpc) is 2.64. The lowest BCUT2D eigenvalue weighted by molar-refractivity contribution is 0.0906. The topological polar surface area (TPSA) is 32.3 Å². The highest BCUT2D eigenvalue weighted by atomic mass is 79.9. The molecule has 3 nitrogen and oxygen atoms in total. The first-order chi connectivity index (χ1) is 12.9. The fourth-order valence-electron chi connectivity index (χ4n) is 4.13. The molecule has 1 fully saturated rings. The van der Waals surface area contributed by atoms with E-state index in [9.17, 15) is 9.18 Å². The molecule has 0 aliphatic heterocycles. The largest absolute Gasteiger partial charge is 0.349 e. The molecule has 2 aromatic carbocycles. The van der Waals surface area contributed by atoms with Crippen LogP contribution in [-0.2, 0) is 0 Å². The van der Waals surface area contributed by atoms with Crippen LogP contribution >= 0.6 is 15.9 Å². The van der Waals surface area contributed by atoms with Gasteiger partial charge in [-0.05, 0) is 81.6 Å². The Morgan fingerprint density at radius 3 is 2.37 bits per heavy atom. The summed E-state index contributed by atoms with van der Waals surface area (Å²) in [6.45, 7) is 0. The highest BCUT2D eigenvalue weighted by molar-refractivity contribution is 9.10. The van der Waals surface area contributed by atoms with Gasteiger partial charge in [-0.3, -0.25) is 4.79 Å². The molecule has 0 heterocycles. The van der Waals surface area contributed by atoms with E-state index < -0.39 is 0 Å². The summed E-state index contributed by atoms with van der Waals surface area (Å²) in [4.78, 5) is 14.7. The van der Waals surface area contributed by atoms with Crippen molar-refractivity contribution in [2.75, 3.05) is 14.1 Å². The third-order valence-electron chi connectivity index (χ3n) is 5.41. The number of nitrogens with zero attached hydrogens (tertiary/aromatic N) is 1. The monoisotopic (exact) mass is 432 g/mol. The number of carbonyl (C=O) groups is 1. The van der Waals surface area contributed by atoms with E-state index in [1.54, 1.807) is 0 Å². The van der Waals surface area contributed by atoms with Crippen LogP contribution in [0.5, 0.6) is 0 Å². The fraction of sp³-hybridized carbons (Fsp3) is 0.409. The van der Waals surface area contributed by atoms with Crippen molar-refractivity contribution in [3.05, 3.63) is 69.9 Å². The molecule has 0 radical (unpaired) electrons. The van der Waals surface area contributed by atoms with Gasteiger partial charge in [0.2, 0.25) is 0 Å². The second-order valence-electron chi connectivity index (χ2n) is 7.56. The SMILES string of the molecule is CN(C)C(c1ccc(F)cc1)C1CCC(NC(=O)c2cccc(Br)c2)CC1. The number of halogens is 2. The zero-order valence-electron chi connectivity index (χ0n) is 15.8. The zero-order valence-corrected chi connectivity index (χ0v) is 17.4. The molecule has 1 N–H and O–H groups in total. The number of hydrogen-bond acceptors (Lipinski definition) is 2. The van der Waals surface area contributed by atoms with Crippen molar-refractivity contribution in [2.24, 2.45) is 5.92 Å². The maximum absolute atomic E-state index is 13.3. The highest BCUT2D eigenvalue weighted by Crippen LogP contribution is 2.37. The minimum Gasteiger partial charge on any atom is -0.349 e. The molecule has 0 spiro atoms. The Labute approximate surface area is 169 Å². The molecule has 1 amide bonds. The van der Waals surface area contributed by atoms with Gasteiger partial charge < -0.3 is 10.2 Å². The maximum Gasteiger partial charge on any atom is 0.251 e. The van der Waals surface area contributed by atoms with Crippen LogP contribution in [0.4, 0.5) is 4.39 Å².